The van der Waals surface area contributed by atoms with Crippen molar-refractivity contribution in [1.82, 2.24) is 10.6 Å². The third kappa shape index (κ3) is 5.37. The van der Waals surface area contributed by atoms with Crippen LogP contribution in [0.25, 0.3) is 0 Å². The van der Waals surface area contributed by atoms with E-state index >= 15 is 0 Å². The first-order chi connectivity index (χ1) is 11.5. The quantitative estimate of drug-likeness (QED) is 0.747. The molecule has 0 saturated carbocycles. The molecule has 2 rings (SSSR count). The highest BCUT2D eigenvalue weighted by Gasteiger charge is 2.23. The van der Waals surface area contributed by atoms with Crippen molar-refractivity contribution >= 4 is 11.7 Å². The number of aliphatic hydroxyl groups excluding tert-OH is 1. The van der Waals surface area contributed by atoms with Gasteiger partial charge in [0, 0.05) is 37.5 Å². The summed E-state index contributed by atoms with van der Waals surface area (Å²) in [6, 6.07) is 4.79. The molecule has 5 nitrogen and oxygen atoms in total. The minimum Gasteiger partial charge on any atom is -0.396 e. The van der Waals surface area contributed by atoms with Gasteiger partial charge in [-0.2, -0.15) is 0 Å². The highest BCUT2D eigenvalue weighted by molar-refractivity contribution is 5.74. The van der Waals surface area contributed by atoms with Gasteiger partial charge in [-0.05, 0) is 63.3 Å². The molecule has 1 aromatic carbocycles. The number of anilines is 1. The predicted octanol–water partition coefficient (Wildman–Crippen LogP) is 2.56. The van der Waals surface area contributed by atoms with E-state index in [1.807, 2.05) is 19.9 Å². The van der Waals surface area contributed by atoms with Gasteiger partial charge in [0.25, 0.3) is 0 Å². The van der Waals surface area contributed by atoms with Crippen LogP contribution in [0.5, 0.6) is 0 Å². The van der Waals surface area contributed by atoms with Crippen LogP contribution in [-0.4, -0.2) is 42.9 Å². The van der Waals surface area contributed by atoms with Crippen molar-refractivity contribution in [3.63, 3.8) is 0 Å². The van der Waals surface area contributed by atoms with Gasteiger partial charge >= 0.3 is 6.03 Å². The second-order valence-electron chi connectivity index (χ2n) is 6.60. The number of hydrogen-bond acceptors (Lipinski definition) is 3. The summed E-state index contributed by atoms with van der Waals surface area (Å²) in [5, 5.41) is 14.8. The van der Waals surface area contributed by atoms with Gasteiger partial charge in [0.05, 0.1) is 0 Å². The van der Waals surface area contributed by atoms with Crippen LogP contribution >= 0.6 is 0 Å². The van der Waals surface area contributed by atoms with Crippen molar-refractivity contribution in [3.8, 4) is 0 Å². The van der Waals surface area contributed by atoms with Crippen molar-refractivity contribution in [2.24, 2.45) is 0 Å². The number of benzene rings is 1. The summed E-state index contributed by atoms with van der Waals surface area (Å²) < 4.78 is 13.3. The Bertz CT molecular complexity index is 553. The van der Waals surface area contributed by atoms with Crippen molar-refractivity contribution in [2.75, 3.05) is 24.6 Å². The number of carbonyl (C=O) groups is 1. The first-order valence-electron chi connectivity index (χ1n) is 8.68. The monoisotopic (exact) mass is 337 g/mol. The number of rotatable bonds is 6. The maximum absolute atomic E-state index is 13.3. The number of carbonyl (C=O) groups excluding carboxylic acids is 1. The Hall–Kier alpha value is -1.82. The number of nitrogens with one attached hydrogen (secondary N) is 2. The SMILES string of the molecule is Cc1cc(F)ccc1N1CCC[C@H](NC(=O)N[C@@H](C)CCCO)C1. The number of piperidine rings is 1. The Morgan fingerprint density at radius 1 is 1.50 bits per heavy atom. The van der Waals surface area contributed by atoms with Crippen molar-refractivity contribution in [3.05, 3.63) is 29.6 Å². The second-order valence-corrected chi connectivity index (χ2v) is 6.60. The summed E-state index contributed by atoms with van der Waals surface area (Å²) in [7, 11) is 0. The van der Waals surface area contributed by atoms with Crippen molar-refractivity contribution < 1.29 is 14.3 Å². The molecule has 3 N–H and O–H groups in total. The zero-order valence-corrected chi connectivity index (χ0v) is 14.5. The lowest BCUT2D eigenvalue weighted by atomic mass is 10.0. The first kappa shape index (κ1) is 18.5. The lowest BCUT2D eigenvalue weighted by molar-refractivity contribution is 0.229. The normalized spacial score (nSPS) is 19.0. The Labute approximate surface area is 143 Å². The molecule has 0 spiro atoms. The third-order valence-electron chi connectivity index (χ3n) is 4.43. The molecule has 0 aromatic heterocycles. The summed E-state index contributed by atoms with van der Waals surface area (Å²) in [4.78, 5) is 14.3. The number of nitrogens with zero attached hydrogens (tertiary/aromatic N) is 1. The van der Waals surface area contributed by atoms with Crippen LogP contribution in [0.15, 0.2) is 18.2 Å². The van der Waals surface area contributed by atoms with Crippen molar-refractivity contribution in [1.29, 1.82) is 0 Å². The van der Waals surface area contributed by atoms with E-state index < -0.39 is 0 Å². The molecule has 1 saturated heterocycles. The molecule has 0 aliphatic carbocycles. The topological polar surface area (TPSA) is 64.6 Å². The summed E-state index contributed by atoms with van der Waals surface area (Å²) >= 11 is 0. The molecule has 2 atom stereocenters. The number of amides is 2. The molecule has 0 radical (unpaired) electrons. The van der Waals surface area contributed by atoms with Gasteiger partial charge in [-0.15, -0.1) is 0 Å². The Morgan fingerprint density at radius 3 is 3.00 bits per heavy atom. The molecule has 1 aromatic rings. The molecule has 0 unspecified atom stereocenters. The van der Waals surface area contributed by atoms with Crippen LogP contribution in [0.4, 0.5) is 14.9 Å². The minimum atomic E-state index is -0.223. The van der Waals surface area contributed by atoms with Crippen LogP contribution in [0.2, 0.25) is 0 Å². The number of aryl methyl sites for hydroxylation is 1. The Balaban J connectivity index is 1.87. The first-order valence-corrected chi connectivity index (χ1v) is 8.68. The van der Waals surface area contributed by atoms with E-state index in [2.05, 4.69) is 15.5 Å². The summed E-state index contributed by atoms with van der Waals surface area (Å²) in [5.74, 6) is -0.223. The van der Waals surface area contributed by atoms with E-state index in [1.165, 1.54) is 6.07 Å². The average Bonchev–Trinajstić information content (AvgIpc) is 2.53. The molecule has 0 bridgehead atoms. The molecule has 1 aliphatic heterocycles. The Kier molecular flexibility index (Phi) is 6.85. The maximum Gasteiger partial charge on any atom is 0.315 e. The largest absolute Gasteiger partial charge is 0.396 e. The Morgan fingerprint density at radius 2 is 2.29 bits per heavy atom. The van der Waals surface area contributed by atoms with E-state index in [1.54, 1.807) is 6.07 Å². The van der Waals surface area contributed by atoms with Gasteiger partial charge in [-0.1, -0.05) is 0 Å². The van der Waals surface area contributed by atoms with Crippen LogP contribution in [0, 0.1) is 12.7 Å². The van der Waals surface area contributed by atoms with E-state index in [9.17, 15) is 9.18 Å². The van der Waals surface area contributed by atoms with E-state index in [4.69, 9.17) is 5.11 Å². The number of urea groups is 1. The fraction of sp³-hybridized carbons (Fsp3) is 0.611. The van der Waals surface area contributed by atoms with Crippen molar-refractivity contribution in [2.45, 2.75) is 51.6 Å². The molecular weight excluding hydrogens is 309 g/mol. The fourth-order valence-electron chi connectivity index (χ4n) is 3.21. The van der Waals surface area contributed by atoms with Gasteiger partial charge in [-0.25, -0.2) is 9.18 Å². The highest BCUT2D eigenvalue weighted by Crippen LogP contribution is 2.24. The van der Waals surface area contributed by atoms with Gasteiger partial charge < -0.3 is 20.6 Å². The van der Waals surface area contributed by atoms with E-state index in [-0.39, 0.29) is 30.5 Å². The predicted molar refractivity (Wildman–Crippen MR) is 93.8 cm³/mol. The van der Waals surface area contributed by atoms with Crippen LogP contribution < -0.4 is 15.5 Å². The fourth-order valence-corrected chi connectivity index (χ4v) is 3.21. The van der Waals surface area contributed by atoms with Gasteiger partial charge in [0.1, 0.15) is 5.82 Å². The van der Waals surface area contributed by atoms with Crippen LogP contribution in [0.3, 0.4) is 0 Å². The van der Waals surface area contributed by atoms with E-state index in [0.717, 1.165) is 43.6 Å². The molecule has 24 heavy (non-hydrogen) atoms. The molecular formula is C18H28FN3O2. The third-order valence-corrected chi connectivity index (χ3v) is 4.43. The lowest BCUT2D eigenvalue weighted by Crippen LogP contribution is -2.52. The second kappa shape index (κ2) is 8.87. The van der Waals surface area contributed by atoms with Crippen LogP contribution in [0.1, 0.15) is 38.2 Å². The zero-order valence-electron chi connectivity index (χ0n) is 14.5. The zero-order chi connectivity index (χ0) is 17.5. The lowest BCUT2D eigenvalue weighted by Gasteiger charge is -2.35. The minimum absolute atomic E-state index is 0.0381. The molecule has 6 heteroatoms. The van der Waals surface area contributed by atoms with Crippen LogP contribution in [-0.2, 0) is 0 Å². The molecule has 1 heterocycles. The molecule has 134 valence electrons. The standard InChI is InChI=1S/C18H28FN3O2/c1-13-11-15(19)7-8-17(13)22-9-3-6-16(12-22)21-18(24)20-14(2)5-4-10-23/h7-8,11,14,16,23H,3-6,9-10,12H2,1-2H3,(H2,20,21,24)/t14-,16-/m0/s1. The summed E-state index contributed by atoms with van der Waals surface area (Å²) in [6.45, 7) is 5.63. The van der Waals surface area contributed by atoms with Gasteiger partial charge in [0.15, 0.2) is 0 Å². The maximum atomic E-state index is 13.3. The smallest absolute Gasteiger partial charge is 0.315 e. The highest BCUT2D eigenvalue weighted by atomic mass is 19.1. The van der Waals surface area contributed by atoms with Gasteiger partial charge in [0.2, 0.25) is 0 Å². The van der Waals surface area contributed by atoms with E-state index in [0.29, 0.717) is 6.42 Å². The summed E-state index contributed by atoms with van der Waals surface area (Å²) in [6.07, 6.45) is 3.37. The number of hydrogen-bond donors (Lipinski definition) is 3. The molecule has 2 amide bonds. The number of halogens is 1. The molecule has 1 aliphatic rings. The average molecular weight is 337 g/mol. The number of aliphatic hydroxyl groups is 1. The van der Waals surface area contributed by atoms with Gasteiger partial charge in [-0.3, -0.25) is 0 Å². The molecule has 1 fully saturated rings. The summed E-state index contributed by atoms with van der Waals surface area (Å²) in [5.41, 5.74) is 1.94.